The summed E-state index contributed by atoms with van der Waals surface area (Å²) in [5, 5.41) is 13.8. The molecule has 1 aliphatic heterocycles. The van der Waals surface area contributed by atoms with Crippen LogP contribution in [-0.4, -0.2) is 90.4 Å². The summed E-state index contributed by atoms with van der Waals surface area (Å²) in [6, 6.07) is 4.14. The molecule has 47 heavy (non-hydrogen) atoms. The van der Waals surface area contributed by atoms with Crippen LogP contribution in [0, 0.1) is 18.3 Å². The van der Waals surface area contributed by atoms with Gasteiger partial charge in [-0.1, -0.05) is 26.8 Å². The number of methoxy groups -OCH3 is 1. The van der Waals surface area contributed by atoms with Crippen LogP contribution in [0.4, 0.5) is 0 Å². The third kappa shape index (κ3) is 6.75. The lowest BCUT2D eigenvalue weighted by Crippen LogP contribution is -2.57. The van der Waals surface area contributed by atoms with Crippen LogP contribution in [0.25, 0.3) is 10.9 Å². The Morgan fingerprint density at radius 3 is 2.51 bits per heavy atom. The summed E-state index contributed by atoms with van der Waals surface area (Å²) in [7, 11) is -2.30. The van der Waals surface area contributed by atoms with E-state index >= 15 is 0 Å². The molecule has 256 valence electrons. The first-order valence-corrected chi connectivity index (χ1v) is 17.4. The van der Waals surface area contributed by atoms with E-state index in [1.807, 2.05) is 19.9 Å². The number of aliphatic hydroxyl groups is 1. The molecular formula is C33H44N4O9S. The highest BCUT2D eigenvalue weighted by Crippen LogP contribution is 2.46. The molecule has 2 aliphatic carbocycles. The zero-order valence-corrected chi connectivity index (χ0v) is 28.5. The number of carbonyl (C=O) groups is 3. The minimum atomic E-state index is -3.87. The van der Waals surface area contributed by atoms with Gasteiger partial charge in [-0.3, -0.25) is 19.1 Å². The predicted octanol–water partition coefficient (Wildman–Crippen LogP) is 2.38. The monoisotopic (exact) mass is 672 g/mol. The molecule has 2 saturated carbocycles. The van der Waals surface area contributed by atoms with Crippen molar-refractivity contribution in [3.63, 3.8) is 0 Å². The van der Waals surface area contributed by atoms with Gasteiger partial charge in [0.2, 0.25) is 21.8 Å². The highest BCUT2D eigenvalue weighted by Gasteiger charge is 2.62. The number of amides is 3. The molecule has 0 bridgehead atoms. The van der Waals surface area contributed by atoms with Crippen LogP contribution < -0.4 is 24.2 Å². The van der Waals surface area contributed by atoms with Crippen molar-refractivity contribution in [1.82, 2.24) is 19.9 Å². The lowest BCUT2D eigenvalue weighted by Gasteiger charge is -2.32. The summed E-state index contributed by atoms with van der Waals surface area (Å²) in [6.45, 7) is 12.9. The van der Waals surface area contributed by atoms with Crippen molar-refractivity contribution in [3.8, 4) is 17.4 Å². The van der Waals surface area contributed by atoms with Gasteiger partial charge < -0.3 is 29.5 Å². The van der Waals surface area contributed by atoms with E-state index in [0.29, 0.717) is 47.7 Å². The zero-order valence-electron chi connectivity index (χ0n) is 27.7. The minimum absolute atomic E-state index is 0.0346. The fraction of sp³-hybridized carbons (Fsp3) is 0.576. The first-order chi connectivity index (χ1) is 22.1. The molecular weight excluding hydrogens is 628 g/mol. The third-order valence-corrected chi connectivity index (χ3v) is 10.9. The number of nitrogens with zero attached hydrogens (tertiary/aromatic N) is 2. The molecule has 13 nitrogen and oxygen atoms in total. The molecule has 1 unspecified atom stereocenters. The first-order valence-electron chi connectivity index (χ1n) is 15.8. The second-order valence-corrected chi connectivity index (χ2v) is 15.6. The number of nitrogens with one attached hydrogen (secondary N) is 2. The van der Waals surface area contributed by atoms with Gasteiger partial charge in [-0.25, -0.2) is 13.4 Å². The Balaban J connectivity index is 1.45. The van der Waals surface area contributed by atoms with Crippen molar-refractivity contribution in [2.45, 2.75) is 89.3 Å². The second-order valence-electron chi connectivity index (χ2n) is 13.6. The maximum absolute atomic E-state index is 14.0. The van der Waals surface area contributed by atoms with Crippen LogP contribution in [0.1, 0.15) is 58.9 Å². The largest absolute Gasteiger partial charge is 0.496 e. The number of hydrogen-bond acceptors (Lipinski definition) is 10. The van der Waals surface area contributed by atoms with Crippen molar-refractivity contribution < 1.29 is 42.1 Å². The Kier molecular flexibility index (Phi) is 9.23. The van der Waals surface area contributed by atoms with Crippen molar-refractivity contribution in [2.24, 2.45) is 11.3 Å². The average Bonchev–Trinajstić information content (AvgIpc) is 3.93. The number of pyridine rings is 1. The van der Waals surface area contributed by atoms with E-state index in [1.165, 1.54) is 11.0 Å². The number of fused-ring (bicyclic) bond motifs is 1. The lowest BCUT2D eigenvalue weighted by molar-refractivity contribution is -0.150. The quantitative estimate of drug-likeness (QED) is 0.284. The maximum atomic E-state index is 14.0. The van der Waals surface area contributed by atoms with Gasteiger partial charge in [-0.15, -0.1) is 6.58 Å². The summed E-state index contributed by atoms with van der Waals surface area (Å²) in [5.41, 5.74) is -0.976. The molecule has 3 N–H and O–H groups in total. The van der Waals surface area contributed by atoms with Crippen LogP contribution in [0.2, 0.25) is 0 Å². The first kappa shape index (κ1) is 34.4. The normalized spacial score (nSPS) is 24.7. The average molecular weight is 673 g/mol. The topological polar surface area (TPSA) is 173 Å². The van der Waals surface area contributed by atoms with Gasteiger partial charge in [0.25, 0.3) is 11.8 Å². The summed E-state index contributed by atoms with van der Waals surface area (Å²) in [6.07, 6.45) is 0.502. The standard InChI is InChI=1S/C33H44N4O9S/c1-8-19-16-33(19,31(41)36-47(42,43)21-10-11-21)35-29(39)23-14-20(17-37(23)30(40)28(38)32(4,5)6)46-25-15-26(45-9-2)34-27-18(3)24(44-7)13-12-22(25)27/h8,12-13,15,19-21,23,28,38H,1,9-11,14,16-17H2,2-7H3,(H,35,39)(H,36,41)/t19?,20-,23+,28-,33-/m1/s1. The summed E-state index contributed by atoms with van der Waals surface area (Å²) >= 11 is 0. The molecule has 5 atom stereocenters. The molecule has 1 saturated heterocycles. The molecule has 3 aliphatic rings. The SMILES string of the molecule is C=CC1C[C@]1(NC(=O)[C@@H]1C[C@@H](Oc2cc(OCC)nc3c(C)c(OC)ccc23)CN1C(=O)[C@@H](O)C(C)(C)C)C(=O)NS(=O)(=O)C1CC1. The van der Waals surface area contributed by atoms with Gasteiger partial charge in [0.1, 0.15) is 35.3 Å². The highest BCUT2D eigenvalue weighted by atomic mass is 32.2. The van der Waals surface area contributed by atoms with E-state index < -0.39 is 68.1 Å². The van der Waals surface area contributed by atoms with Crippen LogP contribution in [0.5, 0.6) is 17.4 Å². The smallest absolute Gasteiger partial charge is 0.259 e. The summed E-state index contributed by atoms with van der Waals surface area (Å²) < 4.78 is 44.9. The molecule has 2 aromatic rings. The minimum Gasteiger partial charge on any atom is -0.496 e. The number of carbonyl (C=O) groups excluding carboxylic acids is 3. The Labute approximate surface area is 275 Å². The molecule has 5 rings (SSSR count). The number of aryl methyl sites for hydroxylation is 1. The van der Waals surface area contributed by atoms with Crippen molar-refractivity contribution >= 4 is 38.6 Å². The number of ether oxygens (including phenoxy) is 3. The lowest BCUT2D eigenvalue weighted by atomic mass is 9.88. The van der Waals surface area contributed by atoms with Gasteiger partial charge in [0, 0.05) is 29.4 Å². The zero-order chi connectivity index (χ0) is 34.5. The molecule has 0 spiro atoms. The Bertz CT molecular complexity index is 1700. The molecule has 0 radical (unpaired) electrons. The predicted molar refractivity (Wildman–Crippen MR) is 173 cm³/mol. The number of hydrogen-bond donors (Lipinski definition) is 3. The van der Waals surface area contributed by atoms with Gasteiger partial charge in [0.05, 0.1) is 31.0 Å². The van der Waals surface area contributed by atoms with E-state index in [4.69, 9.17) is 14.2 Å². The van der Waals surface area contributed by atoms with E-state index in [0.717, 1.165) is 5.56 Å². The van der Waals surface area contributed by atoms with Crippen molar-refractivity contribution in [1.29, 1.82) is 0 Å². The van der Waals surface area contributed by atoms with Crippen LogP contribution in [0.15, 0.2) is 30.9 Å². The third-order valence-electron chi connectivity index (χ3n) is 9.08. The van der Waals surface area contributed by atoms with Crippen LogP contribution >= 0.6 is 0 Å². The number of likely N-dealkylation sites (tertiary alicyclic amines) is 1. The Morgan fingerprint density at radius 1 is 1.23 bits per heavy atom. The number of aromatic nitrogens is 1. The summed E-state index contributed by atoms with van der Waals surface area (Å²) in [5.74, 6) is -1.27. The number of benzene rings is 1. The van der Waals surface area contributed by atoms with E-state index in [2.05, 4.69) is 21.6 Å². The van der Waals surface area contributed by atoms with Crippen molar-refractivity contribution in [2.75, 3.05) is 20.3 Å². The van der Waals surface area contributed by atoms with Gasteiger partial charge in [-0.2, -0.15) is 0 Å². The molecule has 1 aromatic carbocycles. The van der Waals surface area contributed by atoms with Gasteiger partial charge >= 0.3 is 0 Å². The Morgan fingerprint density at radius 2 is 1.94 bits per heavy atom. The second kappa shape index (κ2) is 12.6. The molecule has 14 heteroatoms. The molecule has 2 heterocycles. The molecule has 3 amide bonds. The maximum Gasteiger partial charge on any atom is 0.259 e. The van der Waals surface area contributed by atoms with E-state index in [-0.39, 0.29) is 19.4 Å². The Hall–Kier alpha value is -3.91. The summed E-state index contributed by atoms with van der Waals surface area (Å²) in [4.78, 5) is 46.9. The number of rotatable bonds is 12. The van der Waals surface area contributed by atoms with E-state index in [9.17, 15) is 27.9 Å². The molecule has 3 fully saturated rings. The fourth-order valence-electron chi connectivity index (χ4n) is 6.00. The molecule has 1 aromatic heterocycles. The fourth-order valence-corrected chi connectivity index (χ4v) is 7.36. The van der Waals surface area contributed by atoms with Crippen LogP contribution in [0.3, 0.4) is 0 Å². The van der Waals surface area contributed by atoms with Crippen molar-refractivity contribution in [3.05, 3.63) is 36.4 Å². The van der Waals surface area contributed by atoms with Gasteiger partial charge in [-0.05, 0) is 50.7 Å². The van der Waals surface area contributed by atoms with E-state index in [1.54, 1.807) is 40.0 Å². The van der Waals surface area contributed by atoms with Gasteiger partial charge in [0.15, 0.2) is 0 Å². The number of sulfonamides is 1. The number of aliphatic hydroxyl groups excluding tert-OH is 1. The highest BCUT2D eigenvalue weighted by molar-refractivity contribution is 7.91. The van der Waals surface area contributed by atoms with Crippen LogP contribution in [-0.2, 0) is 24.4 Å².